The Morgan fingerprint density at radius 3 is 1.88 bits per heavy atom. The molecule has 2 aromatic rings. The van der Waals surface area contributed by atoms with E-state index < -0.39 is 8.07 Å². The summed E-state index contributed by atoms with van der Waals surface area (Å²) in [5, 5.41) is 9.92. The van der Waals surface area contributed by atoms with Crippen molar-refractivity contribution in [3.8, 4) is 17.2 Å². The van der Waals surface area contributed by atoms with Crippen LogP contribution in [0.15, 0.2) is 36.4 Å². The van der Waals surface area contributed by atoms with Crippen molar-refractivity contribution in [1.82, 2.24) is 0 Å². The van der Waals surface area contributed by atoms with Crippen molar-refractivity contribution in [2.45, 2.75) is 65.6 Å². The molecule has 1 nitrogen and oxygen atoms in total. The van der Waals surface area contributed by atoms with Crippen molar-refractivity contribution in [1.29, 1.82) is 0 Å². The van der Waals surface area contributed by atoms with Gasteiger partial charge in [0.1, 0.15) is 13.8 Å². The lowest BCUT2D eigenvalue weighted by molar-refractivity contribution is 0.461. The largest absolute Gasteiger partial charge is 0.508 e. The van der Waals surface area contributed by atoms with E-state index in [1.165, 1.54) is 16.7 Å². The molecule has 2 rings (SSSR count). The predicted molar refractivity (Wildman–Crippen MR) is 116 cm³/mol. The van der Waals surface area contributed by atoms with Crippen LogP contribution in [0.5, 0.6) is 5.75 Å². The monoisotopic (exact) mass is 364 g/mol. The van der Waals surface area contributed by atoms with Gasteiger partial charge in [0, 0.05) is 11.0 Å². The minimum absolute atomic E-state index is 0.0338. The van der Waals surface area contributed by atoms with Crippen LogP contribution in [0.4, 0.5) is 0 Å². The van der Waals surface area contributed by atoms with Crippen LogP contribution in [0, 0.1) is 25.3 Å². The van der Waals surface area contributed by atoms with Gasteiger partial charge in [0.2, 0.25) is 0 Å². The number of hydrogen-bond donors (Lipinski definition) is 1. The van der Waals surface area contributed by atoms with Gasteiger partial charge in [0.05, 0.1) is 0 Å². The van der Waals surface area contributed by atoms with Crippen molar-refractivity contribution >= 4 is 8.07 Å². The SMILES string of the molecule is CCC(CC)(c1ccc(O)c(C)c1)c1ccc(C#C[Si](C)(C)C)c(C)c1. The first kappa shape index (κ1) is 20.3. The molecule has 0 unspecified atom stereocenters. The fraction of sp³-hybridized carbons (Fsp3) is 0.417. The summed E-state index contributed by atoms with van der Waals surface area (Å²) in [7, 11) is -1.38. The van der Waals surface area contributed by atoms with Gasteiger partial charge in [-0.2, -0.15) is 0 Å². The van der Waals surface area contributed by atoms with Crippen molar-refractivity contribution < 1.29 is 5.11 Å². The molecule has 138 valence electrons. The highest BCUT2D eigenvalue weighted by atomic mass is 28.3. The molecule has 2 heteroatoms. The molecule has 0 saturated carbocycles. The second kappa shape index (κ2) is 7.72. The lowest BCUT2D eigenvalue weighted by atomic mass is 9.70. The van der Waals surface area contributed by atoms with E-state index >= 15 is 0 Å². The minimum atomic E-state index is -1.38. The maximum Gasteiger partial charge on any atom is 0.129 e. The van der Waals surface area contributed by atoms with E-state index in [0.717, 1.165) is 24.0 Å². The van der Waals surface area contributed by atoms with E-state index in [1.807, 2.05) is 13.0 Å². The zero-order valence-electron chi connectivity index (χ0n) is 17.3. The van der Waals surface area contributed by atoms with Gasteiger partial charge in [-0.05, 0) is 61.1 Å². The molecule has 0 bridgehead atoms. The topological polar surface area (TPSA) is 20.2 Å². The number of phenols is 1. The van der Waals surface area contributed by atoms with E-state index in [1.54, 1.807) is 0 Å². The van der Waals surface area contributed by atoms with Gasteiger partial charge < -0.3 is 5.11 Å². The van der Waals surface area contributed by atoms with Crippen LogP contribution >= 0.6 is 0 Å². The first-order valence-corrected chi connectivity index (χ1v) is 13.1. The van der Waals surface area contributed by atoms with E-state index in [2.05, 4.69) is 82.2 Å². The summed E-state index contributed by atoms with van der Waals surface area (Å²) in [6, 6.07) is 12.8. The lowest BCUT2D eigenvalue weighted by Crippen LogP contribution is -2.26. The van der Waals surface area contributed by atoms with E-state index in [9.17, 15) is 5.11 Å². The summed E-state index contributed by atoms with van der Waals surface area (Å²) >= 11 is 0. The molecule has 0 saturated heterocycles. The molecule has 26 heavy (non-hydrogen) atoms. The Balaban J connectivity index is 2.55. The molecule has 0 atom stereocenters. The summed E-state index contributed by atoms with van der Waals surface area (Å²) in [6.45, 7) is 15.5. The Morgan fingerprint density at radius 1 is 0.885 bits per heavy atom. The Kier molecular flexibility index (Phi) is 6.04. The third-order valence-corrected chi connectivity index (χ3v) is 6.18. The smallest absolute Gasteiger partial charge is 0.129 e. The molecular weight excluding hydrogens is 332 g/mol. The van der Waals surface area contributed by atoms with Crippen LogP contribution in [0.3, 0.4) is 0 Å². The van der Waals surface area contributed by atoms with Crippen LogP contribution in [-0.2, 0) is 5.41 Å². The van der Waals surface area contributed by atoms with Gasteiger partial charge in [0.15, 0.2) is 0 Å². The number of phenolic OH excluding ortho intramolecular Hbond substituents is 1. The van der Waals surface area contributed by atoms with Gasteiger partial charge in [-0.15, -0.1) is 5.54 Å². The van der Waals surface area contributed by atoms with Crippen molar-refractivity contribution in [3.05, 3.63) is 64.2 Å². The standard InChI is InChI=1S/C24H32OSi/c1-8-24(9-2,22-12-13-23(25)19(4)17-22)21-11-10-20(18(3)16-21)14-15-26(5,6)7/h10-13,16-17,25H,8-9H2,1-7H3. The number of aromatic hydroxyl groups is 1. The molecule has 1 N–H and O–H groups in total. The van der Waals surface area contributed by atoms with Gasteiger partial charge >= 0.3 is 0 Å². The third kappa shape index (κ3) is 4.22. The summed E-state index contributed by atoms with van der Waals surface area (Å²) in [4.78, 5) is 0. The summed E-state index contributed by atoms with van der Waals surface area (Å²) in [5.41, 5.74) is 9.37. The van der Waals surface area contributed by atoms with Crippen molar-refractivity contribution in [2.24, 2.45) is 0 Å². The predicted octanol–water partition coefficient (Wildman–Crippen LogP) is 6.34. The second-order valence-electron chi connectivity index (χ2n) is 8.32. The molecule has 0 aliphatic heterocycles. The molecule has 0 spiro atoms. The van der Waals surface area contributed by atoms with Crippen LogP contribution in [0.2, 0.25) is 19.6 Å². The van der Waals surface area contributed by atoms with Crippen LogP contribution in [-0.4, -0.2) is 13.2 Å². The van der Waals surface area contributed by atoms with Gasteiger partial charge in [-0.25, -0.2) is 0 Å². The number of rotatable bonds is 4. The van der Waals surface area contributed by atoms with E-state index in [-0.39, 0.29) is 5.41 Å². The summed E-state index contributed by atoms with van der Waals surface area (Å²) in [5.74, 6) is 3.77. The average Bonchev–Trinajstić information content (AvgIpc) is 2.58. The Morgan fingerprint density at radius 2 is 1.42 bits per heavy atom. The zero-order chi connectivity index (χ0) is 19.5. The first-order chi connectivity index (χ1) is 12.1. The zero-order valence-corrected chi connectivity index (χ0v) is 18.3. The lowest BCUT2D eigenvalue weighted by Gasteiger charge is -2.34. The first-order valence-electron chi connectivity index (χ1n) is 9.57. The van der Waals surface area contributed by atoms with Gasteiger partial charge in [0.25, 0.3) is 0 Å². The molecule has 0 aromatic heterocycles. The summed E-state index contributed by atoms with van der Waals surface area (Å²) < 4.78 is 0. The molecule has 0 aliphatic carbocycles. The third-order valence-electron chi connectivity index (χ3n) is 5.31. The maximum absolute atomic E-state index is 9.92. The average molecular weight is 365 g/mol. The highest BCUT2D eigenvalue weighted by Crippen LogP contribution is 2.40. The Labute approximate surface area is 160 Å². The maximum atomic E-state index is 9.92. The molecule has 0 aliphatic rings. The quantitative estimate of drug-likeness (QED) is 0.495. The summed E-state index contributed by atoms with van der Waals surface area (Å²) in [6.07, 6.45) is 2.04. The molecule has 0 radical (unpaired) electrons. The fourth-order valence-electron chi connectivity index (χ4n) is 3.54. The van der Waals surface area contributed by atoms with Crippen LogP contribution in [0.25, 0.3) is 0 Å². The molecule has 2 aromatic carbocycles. The van der Waals surface area contributed by atoms with Gasteiger partial charge in [-0.1, -0.05) is 63.7 Å². The molecule has 0 fully saturated rings. The van der Waals surface area contributed by atoms with Crippen molar-refractivity contribution in [3.63, 3.8) is 0 Å². The number of hydrogen-bond acceptors (Lipinski definition) is 1. The molecule has 0 amide bonds. The van der Waals surface area contributed by atoms with Crippen LogP contribution in [0.1, 0.15) is 54.5 Å². The molecular formula is C24H32OSi. The Bertz CT molecular complexity index is 843. The fourth-order valence-corrected chi connectivity index (χ4v) is 4.05. The minimum Gasteiger partial charge on any atom is -0.508 e. The number of aryl methyl sites for hydroxylation is 2. The van der Waals surface area contributed by atoms with E-state index in [0.29, 0.717) is 5.75 Å². The second-order valence-corrected chi connectivity index (χ2v) is 13.1. The van der Waals surface area contributed by atoms with Crippen molar-refractivity contribution in [2.75, 3.05) is 0 Å². The van der Waals surface area contributed by atoms with E-state index in [4.69, 9.17) is 0 Å². The number of benzene rings is 2. The highest BCUT2D eigenvalue weighted by molar-refractivity contribution is 6.83. The van der Waals surface area contributed by atoms with Gasteiger partial charge in [-0.3, -0.25) is 0 Å². The Hall–Kier alpha value is -1.98. The normalized spacial score (nSPS) is 11.8. The van der Waals surface area contributed by atoms with Crippen LogP contribution < -0.4 is 0 Å². The molecule has 0 heterocycles. The highest BCUT2D eigenvalue weighted by Gasteiger charge is 2.31.